The minimum absolute atomic E-state index is 0.0252. The summed E-state index contributed by atoms with van der Waals surface area (Å²) in [5.74, 6) is 0.821. The van der Waals surface area contributed by atoms with Crippen LogP contribution in [0.5, 0.6) is 5.75 Å². The second-order valence-electron chi connectivity index (χ2n) is 5.43. The molecule has 0 unspecified atom stereocenters. The Labute approximate surface area is 150 Å². The number of rotatable bonds is 8. The fourth-order valence-electron chi connectivity index (χ4n) is 2.24. The van der Waals surface area contributed by atoms with Gasteiger partial charge in [0.15, 0.2) is 0 Å². The monoisotopic (exact) mass is 353 g/mol. The van der Waals surface area contributed by atoms with Gasteiger partial charge in [-0.15, -0.1) is 11.3 Å². The Morgan fingerprint density at radius 3 is 2.84 bits per heavy atom. The number of hydrogen-bond donors (Lipinski definition) is 1. The van der Waals surface area contributed by atoms with Crippen LogP contribution in [0.15, 0.2) is 60.2 Å². The minimum Gasteiger partial charge on any atom is -0.494 e. The maximum Gasteiger partial charge on any atom is 0.226 e. The average Bonchev–Trinajstić information content (AvgIpc) is 3.11. The van der Waals surface area contributed by atoms with E-state index in [2.05, 4.69) is 15.3 Å². The number of carbonyl (C=O) groups excluding carboxylic acids is 1. The van der Waals surface area contributed by atoms with Gasteiger partial charge in [-0.25, -0.2) is 4.98 Å². The molecular weight excluding hydrogens is 334 g/mol. The third kappa shape index (κ3) is 5.39. The molecular formula is C19H19N3O2S. The molecule has 1 aromatic carbocycles. The number of hydrogen-bond acceptors (Lipinski definition) is 5. The van der Waals surface area contributed by atoms with Gasteiger partial charge in [0.2, 0.25) is 5.91 Å². The first-order chi connectivity index (χ1) is 12.3. The number of benzene rings is 1. The van der Waals surface area contributed by atoms with Gasteiger partial charge < -0.3 is 10.1 Å². The van der Waals surface area contributed by atoms with Crippen molar-refractivity contribution in [2.24, 2.45) is 0 Å². The molecule has 0 atom stereocenters. The van der Waals surface area contributed by atoms with Crippen molar-refractivity contribution in [3.63, 3.8) is 0 Å². The van der Waals surface area contributed by atoms with Crippen molar-refractivity contribution in [1.29, 1.82) is 0 Å². The molecule has 2 aromatic heterocycles. The van der Waals surface area contributed by atoms with E-state index in [0.29, 0.717) is 13.2 Å². The van der Waals surface area contributed by atoms with Crippen LogP contribution in [-0.2, 0) is 11.2 Å². The van der Waals surface area contributed by atoms with Crippen molar-refractivity contribution >= 4 is 17.2 Å². The van der Waals surface area contributed by atoms with Crippen molar-refractivity contribution in [3.8, 4) is 16.3 Å². The number of amides is 1. The highest BCUT2D eigenvalue weighted by Gasteiger charge is 2.08. The molecule has 0 saturated carbocycles. The van der Waals surface area contributed by atoms with Crippen LogP contribution < -0.4 is 10.1 Å². The SMILES string of the molecule is O=C(Cc1csc(-c2cccnc2)n1)NCCCOc1ccccc1. The predicted molar refractivity (Wildman–Crippen MR) is 98.6 cm³/mol. The van der Waals surface area contributed by atoms with Crippen molar-refractivity contribution in [1.82, 2.24) is 15.3 Å². The van der Waals surface area contributed by atoms with Gasteiger partial charge in [0.1, 0.15) is 10.8 Å². The van der Waals surface area contributed by atoms with Gasteiger partial charge in [0.05, 0.1) is 18.7 Å². The predicted octanol–water partition coefficient (Wildman–Crippen LogP) is 3.33. The van der Waals surface area contributed by atoms with E-state index in [4.69, 9.17) is 4.74 Å². The largest absolute Gasteiger partial charge is 0.494 e. The van der Waals surface area contributed by atoms with Gasteiger partial charge in [0.25, 0.3) is 0 Å². The number of thiazole rings is 1. The summed E-state index contributed by atoms with van der Waals surface area (Å²) in [6.45, 7) is 1.16. The Bertz CT molecular complexity index is 791. The zero-order valence-electron chi connectivity index (χ0n) is 13.7. The second-order valence-corrected chi connectivity index (χ2v) is 6.29. The third-order valence-corrected chi connectivity index (χ3v) is 4.40. The first-order valence-corrected chi connectivity index (χ1v) is 8.98. The molecule has 0 spiro atoms. The maximum absolute atomic E-state index is 12.0. The second kappa shape index (κ2) is 8.94. The average molecular weight is 353 g/mol. The van der Waals surface area contributed by atoms with E-state index in [0.717, 1.165) is 28.4 Å². The molecule has 1 amide bonds. The maximum atomic E-state index is 12.0. The topological polar surface area (TPSA) is 64.1 Å². The summed E-state index contributed by atoms with van der Waals surface area (Å²) >= 11 is 1.52. The summed E-state index contributed by atoms with van der Waals surface area (Å²) in [7, 11) is 0. The van der Waals surface area contributed by atoms with Crippen molar-refractivity contribution in [2.45, 2.75) is 12.8 Å². The van der Waals surface area contributed by atoms with Crippen LogP contribution in [0.1, 0.15) is 12.1 Å². The fourth-order valence-corrected chi connectivity index (χ4v) is 3.05. The van der Waals surface area contributed by atoms with Crippen LogP contribution in [0.25, 0.3) is 10.6 Å². The molecule has 0 radical (unpaired) electrons. The van der Waals surface area contributed by atoms with E-state index >= 15 is 0 Å². The number of ether oxygens (including phenoxy) is 1. The Hall–Kier alpha value is -2.73. The van der Waals surface area contributed by atoms with Gasteiger partial charge in [-0.05, 0) is 30.7 Å². The Kier molecular flexibility index (Phi) is 6.11. The molecule has 0 fully saturated rings. The highest BCUT2D eigenvalue weighted by Crippen LogP contribution is 2.22. The molecule has 0 aliphatic rings. The zero-order valence-corrected chi connectivity index (χ0v) is 14.5. The number of nitrogens with one attached hydrogen (secondary N) is 1. The summed E-state index contributed by atoms with van der Waals surface area (Å²) < 4.78 is 5.59. The highest BCUT2D eigenvalue weighted by molar-refractivity contribution is 7.13. The lowest BCUT2D eigenvalue weighted by Crippen LogP contribution is -2.27. The fraction of sp³-hybridized carbons (Fsp3) is 0.211. The van der Waals surface area contributed by atoms with Crippen LogP contribution in [0.2, 0.25) is 0 Å². The molecule has 0 aliphatic heterocycles. The Morgan fingerprint density at radius 2 is 2.04 bits per heavy atom. The van der Waals surface area contributed by atoms with Gasteiger partial charge in [-0.3, -0.25) is 9.78 Å². The molecule has 5 nitrogen and oxygen atoms in total. The third-order valence-electron chi connectivity index (χ3n) is 3.46. The van der Waals surface area contributed by atoms with Crippen molar-refractivity contribution in [2.75, 3.05) is 13.2 Å². The lowest BCUT2D eigenvalue weighted by Gasteiger charge is -2.06. The summed E-state index contributed by atoms with van der Waals surface area (Å²) in [5.41, 5.74) is 1.75. The van der Waals surface area contributed by atoms with Crippen LogP contribution in [0, 0.1) is 0 Å². The Balaban J connectivity index is 1.37. The molecule has 25 heavy (non-hydrogen) atoms. The summed E-state index contributed by atoms with van der Waals surface area (Å²) in [6.07, 6.45) is 4.55. The molecule has 0 saturated heterocycles. The van der Waals surface area contributed by atoms with E-state index in [1.165, 1.54) is 11.3 Å². The van der Waals surface area contributed by atoms with E-state index in [1.54, 1.807) is 12.4 Å². The molecule has 1 N–H and O–H groups in total. The molecule has 6 heteroatoms. The first-order valence-electron chi connectivity index (χ1n) is 8.10. The minimum atomic E-state index is -0.0252. The number of nitrogens with zero attached hydrogens (tertiary/aromatic N) is 2. The lowest BCUT2D eigenvalue weighted by molar-refractivity contribution is -0.120. The molecule has 0 bridgehead atoms. The van der Waals surface area contributed by atoms with Crippen molar-refractivity contribution in [3.05, 3.63) is 65.9 Å². The number of carbonyl (C=O) groups is 1. The quantitative estimate of drug-likeness (QED) is 0.631. The summed E-state index contributed by atoms with van der Waals surface area (Å²) in [6, 6.07) is 13.5. The van der Waals surface area contributed by atoms with Gasteiger partial charge in [-0.2, -0.15) is 0 Å². The molecule has 3 rings (SSSR count). The number of pyridine rings is 1. The van der Waals surface area contributed by atoms with E-state index < -0.39 is 0 Å². The smallest absolute Gasteiger partial charge is 0.226 e. The van der Waals surface area contributed by atoms with Gasteiger partial charge >= 0.3 is 0 Å². The van der Waals surface area contributed by atoms with Crippen LogP contribution >= 0.6 is 11.3 Å². The van der Waals surface area contributed by atoms with E-state index in [-0.39, 0.29) is 12.3 Å². The molecule has 2 heterocycles. The summed E-state index contributed by atoms with van der Waals surface area (Å²) in [5, 5.41) is 5.70. The zero-order chi connectivity index (χ0) is 17.3. The number of para-hydroxylation sites is 1. The molecule has 3 aromatic rings. The highest BCUT2D eigenvalue weighted by atomic mass is 32.1. The Morgan fingerprint density at radius 1 is 1.16 bits per heavy atom. The lowest BCUT2D eigenvalue weighted by atomic mass is 10.3. The summed E-state index contributed by atoms with van der Waals surface area (Å²) in [4.78, 5) is 20.6. The van der Waals surface area contributed by atoms with Crippen LogP contribution in [-0.4, -0.2) is 29.0 Å². The van der Waals surface area contributed by atoms with E-state index in [1.807, 2.05) is 47.8 Å². The van der Waals surface area contributed by atoms with Gasteiger partial charge in [-0.1, -0.05) is 18.2 Å². The standard InChI is InChI=1S/C19H19N3O2S/c23-18(21-10-5-11-24-17-7-2-1-3-8-17)12-16-14-25-19(22-16)15-6-4-9-20-13-15/h1-4,6-9,13-14H,5,10-12H2,(H,21,23). The van der Waals surface area contributed by atoms with Gasteiger partial charge in [0, 0.05) is 29.9 Å². The molecule has 0 aliphatic carbocycles. The molecule has 128 valence electrons. The van der Waals surface area contributed by atoms with Crippen LogP contribution in [0.3, 0.4) is 0 Å². The van der Waals surface area contributed by atoms with E-state index in [9.17, 15) is 4.79 Å². The van der Waals surface area contributed by atoms with Crippen molar-refractivity contribution < 1.29 is 9.53 Å². The first kappa shape index (κ1) is 17.1. The number of aromatic nitrogens is 2. The van der Waals surface area contributed by atoms with Crippen LogP contribution in [0.4, 0.5) is 0 Å². The normalized spacial score (nSPS) is 10.4.